The molecule has 0 saturated carbocycles. The van der Waals surface area contributed by atoms with Crippen molar-refractivity contribution in [3.05, 3.63) is 42.6 Å². The zero-order chi connectivity index (χ0) is 17.1. The number of hydrogen-bond acceptors (Lipinski definition) is 6. The number of nitrogens with one attached hydrogen (secondary N) is 1. The summed E-state index contributed by atoms with van der Waals surface area (Å²) in [5.41, 5.74) is 0.457. The molecule has 2 saturated heterocycles. The highest BCUT2D eigenvalue weighted by Gasteiger charge is 2.41. The van der Waals surface area contributed by atoms with Crippen LogP contribution in [0.5, 0.6) is 0 Å². The maximum absolute atomic E-state index is 12.4. The van der Waals surface area contributed by atoms with Gasteiger partial charge in [-0.15, -0.1) is 0 Å². The minimum atomic E-state index is -0.155. The molecule has 1 amide bonds. The fourth-order valence-corrected chi connectivity index (χ4v) is 3.74. The van der Waals surface area contributed by atoms with Crippen molar-refractivity contribution < 1.29 is 13.9 Å². The Morgan fingerprint density at radius 1 is 1.28 bits per heavy atom. The van der Waals surface area contributed by atoms with Crippen LogP contribution in [0.2, 0.25) is 0 Å². The van der Waals surface area contributed by atoms with Crippen LogP contribution < -0.4 is 5.32 Å². The van der Waals surface area contributed by atoms with E-state index in [4.69, 9.17) is 9.15 Å². The summed E-state index contributed by atoms with van der Waals surface area (Å²) < 4.78 is 11.2. The third-order valence-corrected chi connectivity index (χ3v) is 5.12. The second-order valence-electron chi connectivity index (χ2n) is 6.74. The minimum absolute atomic E-state index is 0.0340. The van der Waals surface area contributed by atoms with Crippen LogP contribution in [0.1, 0.15) is 36.0 Å². The molecule has 1 unspecified atom stereocenters. The van der Waals surface area contributed by atoms with E-state index in [0.29, 0.717) is 30.6 Å². The van der Waals surface area contributed by atoms with Gasteiger partial charge in [-0.05, 0) is 37.8 Å². The van der Waals surface area contributed by atoms with E-state index in [0.717, 1.165) is 32.3 Å². The van der Waals surface area contributed by atoms with Crippen molar-refractivity contribution in [2.24, 2.45) is 0 Å². The quantitative estimate of drug-likeness (QED) is 0.922. The molecular formula is C18H22N4O3. The van der Waals surface area contributed by atoms with Crippen LogP contribution in [0, 0.1) is 0 Å². The average molecular weight is 342 g/mol. The first-order valence-electron chi connectivity index (χ1n) is 8.73. The van der Waals surface area contributed by atoms with Crippen molar-refractivity contribution in [2.75, 3.05) is 25.0 Å². The molecule has 0 bridgehead atoms. The monoisotopic (exact) mass is 342 g/mol. The van der Waals surface area contributed by atoms with E-state index in [1.165, 1.54) is 12.5 Å². The van der Waals surface area contributed by atoms with Gasteiger partial charge in [0.25, 0.3) is 5.91 Å². The predicted octanol–water partition coefficient (Wildman–Crippen LogP) is 2.34. The van der Waals surface area contributed by atoms with Crippen molar-refractivity contribution in [1.29, 1.82) is 0 Å². The van der Waals surface area contributed by atoms with Crippen LogP contribution in [0.3, 0.4) is 0 Å². The third-order valence-electron chi connectivity index (χ3n) is 5.12. The number of carbonyl (C=O) groups is 1. The van der Waals surface area contributed by atoms with E-state index in [2.05, 4.69) is 15.3 Å². The summed E-state index contributed by atoms with van der Waals surface area (Å²) in [6.07, 6.45) is 10.1. The number of likely N-dealkylation sites (tertiary alicyclic amines) is 1. The van der Waals surface area contributed by atoms with Crippen molar-refractivity contribution in [2.45, 2.75) is 37.3 Å². The molecule has 0 aliphatic carbocycles. The van der Waals surface area contributed by atoms with E-state index in [1.54, 1.807) is 18.5 Å². The number of ether oxygens (including phenoxy) is 1. The number of nitrogens with zero attached hydrogens (tertiary/aromatic N) is 3. The molecule has 1 N–H and O–H groups in total. The Hall–Kier alpha value is -2.41. The molecule has 1 spiro atoms. The van der Waals surface area contributed by atoms with Crippen molar-refractivity contribution in [1.82, 2.24) is 14.9 Å². The van der Waals surface area contributed by atoms with Gasteiger partial charge >= 0.3 is 0 Å². The van der Waals surface area contributed by atoms with Gasteiger partial charge in [0.05, 0.1) is 17.4 Å². The van der Waals surface area contributed by atoms with Crippen molar-refractivity contribution in [3.63, 3.8) is 0 Å². The summed E-state index contributed by atoms with van der Waals surface area (Å²) in [5, 5.41) is 3.41. The highest BCUT2D eigenvalue weighted by Crippen LogP contribution is 2.36. The number of aromatic nitrogens is 2. The molecule has 132 valence electrons. The first kappa shape index (κ1) is 16.1. The van der Waals surface area contributed by atoms with Gasteiger partial charge in [-0.1, -0.05) is 0 Å². The molecule has 2 aromatic heterocycles. The summed E-state index contributed by atoms with van der Waals surface area (Å²) >= 11 is 0. The summed E-state index contributed by atoms with van der Waals surface area (Å²) in [4.78, 5) is 22.8. The first-order valence-corrected chi connectivity index (χ1v) is 8.73. The molecule has 0 aromatic carbocycles. The zero-order valence-electron chi connectivity index (χ0n) is 14.1. The van der Waals surface area contributed by atoms with Gasteiger partial charge in [0, 0.05) is 38.1 Å². The molecular weight excluding hydrogens is 320 g/mol. The highest BCUT2D eigenvalue weighted by atomic mass is 16.5. The number of anilines is 1. The predicted molar refractivity (Wildman–Crippen MR) is 91.2 cm³/mol. The van der Waals surface area contributed by atoms with Crippen molar-refractivity contribution >= 4 is 11.9 Å². The van der Waals surface area contributed by atoms with Crippen LogP contribution >= 0.6 is 0 Å². The molecule has 2 aliphatic rings. The molecule has 7 heteroatoms. The van der Waals surface area contributed by atoms with E-state index in [9.17, 15) is 4.79 Å². The second-order valence-corrected chi connectivity index (χ2v) is 6.74. The maximum atomic E-state index is 12.4. The van der Waals surface area contributed by atoms with Gasteiger partial charge in [0.2, 0.25) is 5.95 Å². The third kappa shape index (κ3) is 3.51. The van der Waals surface area contributed by atoms with Gasteiger partial charge in [-0.25, -0.2) is 9.97 Å². The maximum Gasteiger partial charge on any atom is 0.257 e. The Kier molecular flexibility index (Phi) is 4.40. The molecule has 2 aromatic rings. The van der Waals surface area contributed by atoms with Gasteiger partial charge in [0.1, 0.15) is 6.26 Å². The van der Waals surface area contributed by atoms with E-state index < -0.39 is 0 Å². The standard InChI is InChI=1S/C18H22N4O3/c23-16(14-2-10-24-13-14)22-8-4-18(5-9-22)12-15(3-11-25-18)21-17-19-6-1-7-20-17/h1-2,6-7,10,13,15H,3-5,8-9,11-12H2,(H,19,20,21). The Labute approximate surface area is 146 Å². The lowest BCUT2D eigenvalue weighted by Crippen LogP contribution is -2.52. The van der Waals surface area contributed by atoms with Gasteiger partial charge in [-0.3, -0.25) is 4.79 Å². The van der Waals surface area contributed by atoms with E-state index in [-0.39, 0.29) is 11.5 Å². The van der Waals surface area contributed by atoms with Crippen LogP contribution in [0.15, 0.2) is 41.5 Å². The van der Waals surface area contributed by atoms with Crippen LogP contribution in [0.25, 0.3) is 0 Å². The van der Waals surface area contributed by atoms with Crippen LogP contribution in [-0.4, -0.2) is 52.1 Å². The second kappa shape index (κ2) is 6.84. The normalized spacial score (nSPS) is 22.7. The summed E-state index contributed by atoms with van der Waals surface area (Å²) in [6, 6.07) is 3.82. The van der Waals surface area contributed by atoms with Gasteiger partial charge < -0.3 is 19.4 Å². The summed E-state index contributed by atoms with van der Waals surface area (Å²) in [7, 11) is 0. The number of carbonyl (C=O) groups excluding carboxylic acids is 1. The Balaban J connectivity index is 1.36. The zero-order valence-corrected chi connectivity index (χ0v) is 14.1. The fraction of sp³-hybridized carbons (Fsp3) is 0.500. The van der Waals surface area contributed by atoms with Crippen LogP contribution in [0.4, 0.5) is 5.95 Å². The Morgan fingerprint density at radius 3 is 2.80 bits per heavy atom. The van der Waals surface area contributed by atoms with Crippen molar-refractivity contribution in [3.8, 4) is 0 Å². The van der Waals surface area contributed by atoms with Crippen LogP contribution in [-0.2, 0) is 4.74 Å². The smallest absolute Gasteiger partial charge is 0.257 e. The average Bonchev–Trinajstić information content (AvgIpc) is 3.18. The lowest BCUT2D eigenvalue weighted by atomic mass is 9.82. The Morgan fingerprint density at radius 2 is 2.08 bits per heavy atom. The molecule has 25 heavy (non-hydrogen) atoms. The fourth-order valence-electron chi connectivity index (χ4n) is 3.74. The molecule has 2 fully saturated rings. The summed E-state index contributed by atoms with van der Waals surface area (Å²) in [5.74, 6) is 0.698. The van der Waals surface area contributed by atoms with Gasteiger partial charge in [-0.2, -0.15) is 0 Å². The molecule has 1 atom stereocenters. The first-order chi connectivity index (χ1) is 12.2. The molecule has 2 aliphatic heterocycles. The summed E-state index contributed by atoms with van der Waals surface area (Å²) in [6.45, 7) is 2.14. The lowest BCUT2D eigenvalue weighted by Gasteiger charge is -2.46. The number of furan rings is 1. The molecule has 4 rings (SSSR count). The lowest BCUT2D eigenvalue weighted by molar-refractivity contribution is -0.110. The van der Waals surface area contributed by atoms with E-state index in [1.807, 2.05) is 11.0 Å². The largest absolute Gasteiger partial charge is 0.472 e. The van der Waals surface area contributed by atoms with E-state index >= 15 is 0 Å². The number of rotatable bonds is 3. The number of amides is 1. The Bertz CT molecular complexity index is 696. The number of piperidine rings is 1. The topological polar surface area (TPSA) is 80.5 Å². The number of hydrogen-bond donors (Lipinski definition) is 1. The molecule has 4 heterocycles. The minimum Gasteiger partial charge on any atom is -0.472 e. The highest BCUT2D eigenvalue weighted by molar-refractivity contribution is 5.93. The van der Waals surface area contributed by atoms with Gasteiger partial charge in [0.15, 0.2) is 0 Å². The molecule has 0 radical (unpaired) electrons. The SMILES string of the molecule is O=C(c1ccoc1)N1CCC2(CC1)CC(Nc1ncccn1)CCO2. The molecule has 7 nitrogen and oxygen atoms in total.